The van der Waals surface area contributed by atoms with E-state index in [-0.39, 0.29) is 24.3 Å². The van der Waals surface area contributed by atoms with Crippen molar-refractivity contribution in [2.45, 2.75) is 69.6 Å². The fourth-order valence-electron chi connectivity index (χ4n) is 6.18. The molecule has 2 bridgehead atoms. The zero-order chi connectivity index (χ0) is 25.2. The predicted octanol–water partition coefficient (Wildman–Crippen LogP) is 2.09. The first-order chi connectivity index (χ1) is 16.8. The van der Waals surface area contributed by atoms with Crippen molar-refractivity contribution in [2.24, 2.45) is 11.8 Å². The van der Waals surface area contributed by atoms with Crippen LogP contribution in [0.3, 0.4) is 0 Å². The van der Waals surface area contributed by atoms with Gasteiger partial charge in [0.25, 0.3) is 0 Å². The Morgan fingerprint density at radius 1 is 1.17 bits per heavy atom. The number of nitrogens with zero attached hydrogens (tertiary/aromatic N) is 1. The number of rotatable bonds is 11. The second-order valence-corrected chi connectivity index (χ2v) is 10.1. The minimum absolute atomic E-state index is 0.0863. The van der Waals surface area contributed by atoms with Gasteiger partial charge in [0.05, 0.1) is 24.5 Å². The van der Waals surface area contributed by atoms with Gasteiger partial charge in [-0.2, -0.15) is 0 Å². The molecule has 0 aromatic heterocycles. The van der Waals surface area contributed by atoms with Gasteiger partial charge in [-0.25, -0.2) is 0 Å². The van der Waals surface area contributed by atoms with E-state index in [1.165, 1.54) is 0 Å². The lowest BCUT2D eigenvalue weighted by atomic mass is 9.66. The van der Waals surface area contributed by atoms with Gasteiger partial charge in [0, 0.05) is 25.4 Å². The van der Waals surface area contributed by atoms with Crippen molar-refractivity contribution < 1.29 is 29.0 Å². The highest BCUT2D eigenvalue weighted by Crippen LogP contribution is 2.63. The van der Waals surface area contributed by atoms with E-state index in [1.54, 1.807) is 36.3 Å². The molecule has 35 heavy (non-hydrogen) atoms. The van der Waals surface area contributed by atoms with Crippen LogP contribution < -0.4 is 15.4 Å². The van der Waals surface area contributed by atoms with E-state index < -0.39 is 29.1 Å². The van der Waals surface area contributed by atoms with Gasteiger partial charge in [-0.1, -0.05) is 6.92 Å². The summed E-state index contributed by atoms with van der Waals surface area (Å²) in [4.78, 5) is 42.4. The molecule has 5 atom stereocenters. The maximum absolute atomic E-state index is 13.8. The second kappa shape index (κ2) is 10.1. The minimum atomic E-state index is -1.03. The number of carbonyl (C=O) groups excluding carboxylic acids is 3. The summed E-state index contributed by atoms with van der Waals surface area (Å²) in [6.45, 7) is 4.87. The van der Waals surface area contributed by atoms with E-state index in [1.807, 2.05) is 13.8 Å². The molecule has 1 spiro atoms. The fourth-order valence-corrected chi connectivity index (χ4v) is 6.18. The quantitative estimate of drug-likeness (QED) is 0.412. The molecule has 3 amide bonds. The average Bonchev–Trinajstić information content (AvgIpc) is 3.41. The number of hydrogen-bond donors (Lipinski definition) is 3. The van der Waals surface area contributed by atoms with E-state index in [9.17, 15) is 14.4 Å². The smallest absolute Gasteiger partial charge is 0.250 e. The number of nitrogens with one attached hydrogen (secondary N) is 2. The van der Waals surface area contributed by atoms with Gasteiger partial charge in [-0.3, -0.25) is 14.4 Å². The molecule has 3 fully saturated rings. The van der Waals surface area contributed by atoms with Crippen LogP contribution in [0.25, 0.3) is 0 Å². The first-order valence-electron chi connectivity index (χ1n) is 12.7. The van der Waals surface area contributed by atoms with Gasteiger partial charge in [0.1, 0.15) is 17.4 Å². The van der Waals surface area contributed by atoms with Crippen LogP contribution in [0.5, 0.6) is 5.75 Å². The number of anilines is 1. The molecule has 0 aliphatic carbocycles. The van der Waals surface area contributed by atoms with E-state index in [4.69, 9.17) is 14.6 Å². The molecule has 9 heteroatoms. The molecule has 1 aromatic rings. The largest absolute Gasteiger partial charge is 0.497 e. The summed E-state index contributed by atoms with van der Waals surface area (Å²) >= 11 is 0. The van der Waals surface area contributed by atoms with Crippen molar-refractivity contribution in [1.29, 1.82) is 0 Å². The predicted molar refractivity (Wildman–Crippen MR) is 130 cm³/mol. The van der Waals surface area contributed by atoms with Crippen molar-refractivity contribution in [1.82, 2.24) is 10.2 Å². The molecule has 9 nitrogen and oxygen atoms in total. The molecule has 2 unspecified atom stereocenters. The third kappa shape index (κ3) is 4.40. The molecule has 4 rings (SSSR count). The lowest BCUT2D eigenvalue weighted by molar-refractivity contribution is -0.144. The summed E-state index contributed by atoms with van der Waals surface area (Å²) in [5, 5.41) is 15.1. The van der Waals surface area contributed by atoms with Gasteiger partial charge in [0.15, 0.2) is 0 Å². The third-order valence-electron chi connectivity index (χ3n) is 7.77. The molecule has 3 aliphatic heterocycles. The summed E-state index contributed by atoms with van der Waals surface area (Å²) < 4.78 is 11.8. The molecule has 0 saturated carbocycles. The van der Waals surface area contributed by atoms with Gasteiger partial charge in [-0.05, 0) is 69.7 Å². The Morgan fingerprint density at radius 2 is 1.91 bits per heavy atom. The first kappa shape index (κ1) is 25.4. The zero-order valence-electron chi connectivity index (χ0n) is 20.8. The van der Waals surface area contributed by atoms with E-state index in [0.717, 1.165) is 12.8 Å². The summed E-state index contributed by atoms with van der Waals surface area (Å²) in [5.41, 5.74) is -1.22. The Kier molecular flexibility index (Phi) is 7.38. The van der Waals surface area contributed by atoms with E-state index in [2.05, 4.69) is 10.6 Å². The van der Waals surface area contributed by atoms with Gasteiger partial charge < -0.3 is 30.1 Å². The first-order valence-corrected chi connectivity index (χ1v) is 12.7. The average molecular weight is 488 g/mol. The van der Waals surface area contributed by atoms with Crippen LogP contribution in [0.4, 0.5) is 5.69 Å². The standard InChI is InChI=1S/C26H37N3O6/c1-4-14-27-22(31)19-20-24(33)29(15-6-5-7-16-30)21(26(20)13-12-25(19,2)35-26)23(32)28-17-8-10-18(34-3)11-9-17/h8-11,19-21,30H,4-7,12-16H2,1-3H3,(H,27,31)(H,28,32)/t19-,20+,21?,25+,26?/m1/s1. The number of hydrogen-bond acceptors (Lipinski definition) is 6. The third-order valence-corrected chi connectivity index (χ3v) is 7.77. The summed E-state index contributed by atoms with van der Waals surface area (Å²) in [6, 6.07) is 6.20. The summed E-state index contributed by atoms with van der Waals surface area (Å²) in [6.07, 6.45) is 3.99. The number of likely N-dealkylation sites (tertiary alicyclic amines) is 1. The summed E-state index contributed by atoms with van der Waals surface area (Å²) in [5.74, 6) is -1.33. The van der Waals surface area contributed by atoms with Crippen molar-refractivity contribution >= 4 is 23.4 Å². The zero-order valence-corrected chi connectivity index (χ0v) is 20.8. The molecular weight excluding hydrogens is 450 g/mol. The van der Waals surface area contributed by atoms with Crippen molar-refractivity contribution in [3.05, 3.63) is 24.3 Å². The normalized spacial score (nSPS) is 30.9. The van der Waals surface area contributed by atoms with Gasteiger partial charge in [-0.15, -0.1) is 0 Å². The lowest BCUT2D eigenvalue weighted by Gasteiger charge is -2.33. The van der Waals surface area contributed by atoms with Crippen LogP contribution in [-0.2, 0) is 19.1 Å². The van der Waals surface area contributed by atoms with Crippen molar-refractivity contribution in [3.63, 3.8) is 0 Å². The number of amides is 3. The summed E-state index contributed by atoms with van der Waals surface area (Å²) in [7, 11) is 1.58. The van der Waals surface area contributed by atoms with Crippen LogP contribution in [0.2, 0.25) is 0 Å². The number of carbonyl (C=O) groups is 3. The Morgan fingerprint density at radius 3 is 2.57 bits per heavy atom. The van der Waals surface area contributed by atoms with Crippen LogP contribution >= 0.6 is 0 Å². The molecule has 3 heterocycles. The van der Waals surface area contributed by atoms with E-state index >= 15 is 0 Å². The number of unbranched alkanes of at least 4 members (excludes halogenated alkanes) is 2. The number of ether oxygens (including phenoxy) is 2. The number of aliphatic hydroxyl groups is 1. The van der Waals surface area contributed by atoms with Crippen LogP contribution in [0.15, 0.2) is 24.3 Å². The monoisotopic (exact) mass is 487 g/mol. The van der Waals surface area contributed by atoms with Gasteiger partial charge >= 0.3 is 0 Å². The Balaban J connectivity index is 1.64. The van der Waals surface area contributed by atoms with Crippen molar-refractivity contribution in [2.75, 3.05) is 32.1 Å². The Bertz CT molecular complexity index is 953. The highest BCUT2D eigenvalue weighted by molar-refractivity contribution is 6.03. The Labute approximate surface area is 206 Å². The fraction of sp³-hybridized carbons (Fsp3) is 0.654. The number of aliphatic hydroxyl groups excluding tert-OH is 1. The molecule has 0 radical (unpaired) electrons. The molecule has 3 saturated heterocycles. The topological polar surface area (TPSA) is 117 Å². The highest BCUT2D eigenvalue weighted by atomic mass is 16.5. The number of fused-ring (bicyclic) bond motifs is 1. The molecule has 192 valence electrons. The highest BCUT2D eigenvalue weighted by Gasteiger charge is 2.77. The minimum Gasteiger partial charge on any atom is -0.497 e. The number of benzene rings is 1. The second-order valence-electron chi connectivity index (χ2n) is 10.1. The lowest BCUT2D eigenvalue weighted by Crippen LogP contribution is -2.53. The van der Waals surface area contributed by atoms with Crippen LogP contribution in [0, 0.1) is 11.8 Å². The maximum Gasteiger partial charge on any atom is 0.250 e. The van der Waals surface area contributed by atoms with Gasteiger partial charge in [0.2, 0.25) is 17.7 Å². The van der Waals surface area contributed by atoms with Crippen molar-refractivity contribution in [3.8, 4) is 5.75 Å². The molecule has 1 aromatic carbocycles. The number of methoxy groups -OCH3 is 1. The van der Waals surface area contributed by atoms with E-state index in [0.29, 0.717) is 50.2 Å². The Hall–Kier alpha value is -2.65. The molecule has 3 aliphatic rings. The molecule has 3 N–H and O–H groups in total. The maximum atomic E-state index is 13.8. The molecular formula is C26H37N3O6. The van der Waals surface area contributed by atoms with Crippen LogP contribution in [-0.4, -0.2) is 71.8 Å². The SMILES string of the molecule is CCCNC(=O)[C@H]1[C@H]2C(=O)N(CCCCCO)C(C(=O)Nc3ccc(OC)cc3)C23CC[C@]1(C)O3. The van der Waals surface area contributed by atoms with Crippen LogP contribution in [0.1, 0.15) is 52.4 Å².